The van der Waals surface area contributed by atoms with Gasteiger partial charge in [-0.1, -0.05) is 36.4 Å². The van der Waals surface area contributed by atoms with Gasteiger partial charge in [0.15, 0.2) is 0 Å². The molecular weight excluding hydrogens is 386 g/mol. The van der Waals surface area contributed by atoms with Gasteiger partial charge in [0.2, 0.25) is 0 Å². The predicted molar refractivity (Wildman–Crippen MR) is 115 cm³/mol. The van der Waals surface area contributed by atoms with Crippen LogP contribution in [0, 0.1) is 0 Å². The lowest BCUT2D eigenvalue weighted by atomic mass is 10.1. The van der Waals surface area contributed by atoms with E-state index in [-0.39, 0.29) is 24.3 Å². The third-order valence-corrected chi connectivity index (χ3v) is 5.37. The summed E-state index contributed by atoms with van der Waals surface area (Å²) in [5.41, 5.74) is 0.831. The van der Waals surface area contributed by atoms with E-state index < -0.39 is 0 Å². The van der Waals surface area contributed by atoms with Crippen molar-refractivity contribution in [3.05, 3.63) is 83.2 Å². The lowest BCUT2D eigenvalue weighted by Gasteiger charge is -2.14. The summed E-state index contributed by atoms with van der Waals surface area (Å²) in [5, 5.41) is 1.80. The highest BCUT2D eigenvalue weighted by molar-refractivity contribution is 8.18. The zero-order chi connectivity index (χ0) is 20.2. The molecule has 2 amide bonds. The minimum absolute atomic E-state index is 0.201. The summed E-state index contributed by atoms with van der Waals surface area (Å²) >= 11 is 0.943. The van der Waals surface area contributed by atoms with Crippen molar-refractivity contribution in [2.45, 2.75) is 6.92 Å². The van der Waals surface area contributed by atoms with Crippen LogP contribution < -0.4 is 4.74 Å². The Morgan fingerprint density at radius 2 is 1.93 bits per heavy atom. The molecule has 0 atom stereocenters. The van der Waals surface area contributed by atoms with Gasteiger partial charge in [-0.3, -0.25) is 14.5 Å². The van der Waals surface area contributed by atoms with Gasteiger partial charge in [0.1, 0.15) is 18.1 Å². The Kier molecular flexibility index (Phi) is 5.53. The second-order valence-corrected chi connectivity index (χ2v) is 7.56. The molecule has 3 aromatic rings. The fraction of sp³-hybridized carbons (Fsp3) is 0.130. The number of rotatable bonds is 6. The van der Waals surface area contributed by atoms with Gasteiger partial charge in [-0.15, -0.1) is 0 Å². The van der Waals surface area contributed by atoms with E-state index in [1.54, 1.807) is 18.4 Å². The number of amides is 2. The number of carbonyl (C=O) groups is 2. The topological polar surface area (TPSA) is 59.8 Å². The smallest absolute Gasteiger partial charge is 0.293 e. The molecule has 1 saturated heterocycles. The maximum Gasteiger partial charge on any atom is 0.293 e. The first-order valence-corrected chi connectivity index (χ1v) is 10.0. The Balaban J connectivity index is 1.41. The molecule has 5 nitrogen and oxygen atoms in total. The highest BCUT2D eigenvalue weighted by Crippen LogP contribution is 2.32. The first-order valence-electron chi connectivity index (χ1n) is 9.19. The van der Waals surface area contributed by atoms with Crippen molar-refractivity contribution in [3.8, 4) is 5.75 Å². The number of benzene rings is 2. The molecule has 146 valence electrons. The Bertz CT molecular complexity index is 1110. The highest BCUT2D eigenvalue weighted by Gasteiger charge is 2.34. The molecule has 1 aromatic heterocycles. The van der Waals surface area contributed by atoms with E-state index in [0.29, 0.717) is 10.7 Å². The third kappa shape index (κ3) is 4.27. The summed E-state index contributed by atoms with van der Waals surface area (Å²) in [4.78, 5) is 26.5. The van der Waals surface area contributed by atoms with Gasteiger partial charge >= 0.3 is 0 Å². The molecule has 6 heteroatoms. The van der Waals surface area contributed by atoms with Gasteiger partial charge in [-0.2, -0.15) is 0 Å². The summed E-state index contributed by atoms with van der Waals surface area (Å²) in [6.45, 7) is 2.30. The summed E-state index contributed by atoms with van der Waals surface area (Å²) < 4.78 is 11.1. The average Bonchev–Trinajstić information content (AvgIpc) is 3.31. The average molecular weight is 405 g/mol. The zero-order valence-corrected chi connectivity index (χ0v) is 16.6. The SMILES string of the molecule is CC(/C=C1\SC(=O)N(CCOc2cccc3ccccc23)C1=O)=C\c1ccco1. The third-order valence-electron chi connectivity index (χ3n) is 4.47. The molecule has 0 unspecified atom stereocenters. The summed E-state index contributed by atoms with van der Waals surface area (Å²) in [6, 6.07) is 17.4. The van der Waals surface area contributed by atoms with Crippen LogP contribution >= 0.6 is 11.8 Å². The van der Waals surface area contributed by atoms with E-state index >= 15 is 0 Å². The largest absolute Gasteiger partial charge is 0.491 e. The number of nitrogens with zero attached hydrogens (tertiary/aromatic N) is 1. The first kappa shape index (κ1) is 19.1. The zero-order valence-electron chi connectivity index (χ0n) is 15.8. The monoisotopic (exact) mass is 405 g/mol. The van der Waals surface area contributed by atoms with Crippen molar-refractivity contribution in [1.29, 1.82) is 0 Å². The van der Waals surface area contributed by atoms with Gasteiger partial charge < -0.3 is 9.15 Å². The number of allylic oxidation sites excluding steroid dienone is 2. The lowest BCUT2D eigenvalue weighted by Crippen LogP contribution is -2.32. The van der Waals surface area contributed by atoms with Crippen molar-refractivity contribution >= 4 is 39.8 Å². The van der Waals surface area contributed by atoms with E-state index in [2.05, 4.69) is 0 Å². The number of hydrogen-bond donors (Lipinski definition) is 0. The number of imide groups is 1. The van der Waals surface area contributed by atoms with E-state index in [9.17, 15) is 9.59 Å². The van der Waals surface area contributed by atoms with Crippen molar-refractivity contribution in [2.24, 2.45) is 0 Å². The summed E-state index contributed by atoms with van der Waals surface area (Å²) in [6.07, 6.45) is 5.11. The molecule has 2 aromatic carbocycles. The van der Waals surface area contributed by atoms with Crippen LogP contribution in [-0.2, 0) is 4.79 Å². The van der Waals surface area contributed by atoms with Crippen LogP contribution in [0.5, 0.6) is 5.75 Å². The molecule has 0 saturated carbocycles. The molecular formula is C23H19NO4S. The van der Waals surface area contributed by atoms with Crippen LogP contribution in [-0.4, -0.2) is 29.2 Å². The summed E-state index contributed by atoms with van der Waals surface area (Å²) in [5.74, 6) is 1.14. The van der Waals surface area contributed by atoms with Crippen molar-refractivity contribution in [3.63, 3.8) is 0 Å². The van der Waals surface area contributed by atoms with E-state index in [1.807, 2.05) is 61.5 Å². The molecule has 1 fully saturated rings. The molecule has 2 heterocycles. The van der Waals surface area contributed by atoms with Crippen molar-refractivity contribution < 1.29 is 18.7 Å². The molecule has 0 aliphatic carbocycles. The number of hydrogen-bond acceptors (Lipinski definition) is 5. The molecule has 1 aliphatic rings. The number of furan rings is 1. The fourth-order valence-electron chi connectivity index (χ4n) is 3.11. The fourth-order valence-corrected chi connectivity index (χ4v) is 4.02. The molecule has 4 rings (SSSR count). The lowest BCUT2D eigenvalue weighted by molar-refractivity contribution is -0.123. The number of thioether (sulfide) groups is 1. The normalized spacial score (nSPS) is 16.2. The molecule has 1 aliphatic heterocycles. The van der Waals surface area contributed by atoms with Crippen LogP contribution in [0.15, 0.2) is 81.8 Å². The quantitative estimate of drug-likeness (QED) is 0.507. The predicted octanol–water partition coefficient (Wildman–Crippen LogP) is 5.49. The van der Waals surface area contributed by atoms with E-state index in [0.717, 1.165) is 33.9 Å². The maximum atomic E-state index is 12.6. The van der Waals surface area contributed by atoms with Crippen LogP contribution in [0.1, 0.15) is 12.7 Å². The Hall–Kier alpha value is -3.25. The van der Waals surface area contributed by atoms with Gasteiger partial charge in [0, 0.05) is 5.39 Å². The van der Waals surface area contributed by atoms with E-state index in [1.165, 1.54) is 4.90 Å². The standard InChI is InChI=1S/C23H19NO4S/c1-16(14-18-8-5-12-27-18)15-21-22(25)24(23(26)29-21)11-13-28-20-10-4-7-17-6-2-3-9-19(17)20/h2-10,12,14-15H,11,13H2,1H3/b16-14+,21-15-. The number of ether oxygens (including phenoxy) is 1. The molecule has 0 N–H and O–H groups in total. The van der Waals surface area contributed by atoms with Gasteiger partial charge in [0.05, 0.1) is 17.7 Å². The van der Waals surface area contributed by atoms with E-state index in [4.69, 9.17) is 9.15 Å². The van der Waals surface area contributed by atoms with Gasteiger partial charge in [0.25, 0.3) is 11.1 Å². The van der Waals surface area contributed by atoms with Crippen molar-refractivity contribution in [2.75, 3.05) is 13.2 Å². The second kappa shape index (κ2) is 8.41. The number of fused-ring (bicyclic) bond motifs is 1. The van der Waals surface area contributed by atoms with Crippen LogP contribution in [0.4, 0.5) is 4.79 Å². The van der Waals surface area contributed by atoms with Crippen LogP contribution in [0.3, 0.4) is 0 Å². The molecule has 29 heavy (non-hydrogen) atoms. The molecule has 0 bridgehead atoms. The van der Waals surface area contributed by atoms with Gasteiger partial charge in [-0.05, 0) is 60.0 Å². The number of carbonyl (C=O) groups excluding carboxylic acids is 2. The Labute approximate surface area is 172 Å². The van der Waals surface area contributed by atoms with Gasteiger partial charge in [-0.25, -0.2) is 0 Å². The van der Waals surface area contributed by atoms with Crippen LogP contribution in [0.25, 0.3) is 16.8 Å². The Morgan fingerprint density at radius 3 is 2.76 bits per heavy atom. The molecule has 0 spiro atoms. The second-order valence-electron chi connectivity index (χ2n) is 6.56. The minimum Gasteiger partial charge on any atom is -0.491 e. The summed E-state index contributed by atoms with van der Waals surface area (Å²) in [7, 11) is 0. The maximum absolute atomic E-state index is 12.6. The van der Waals surface area contributed by atoms with Crippen LogP contribution in [0.2, 0.25) is 0 Å². The van der Waals surface area contributed by atoms with Crippen molar-refractivity contribution in [1.82, 2.24) is 4.90 Å². The highest BCUT2D eigenvalue weighted by atomic mass is 32.2. The first-order chi connectivity index (χ1) is 14.1. The minimum atomic E-state index is -0.297. The molecule has 0 radical (unpaired) electrons. The Morgan fingerprint density at radius 1 is 1.10 bits per heavy atom.